The highest BCUT2D eigenvalue weighted by Gasteiger charge is 2.20. The van der Waals surface area contributed by atoms with Crippen LogP contribution in [-0.4, -0.2) is 13.2 Å². The molecule has 1 aliphatic rings. The lowest BCUT2D eigenvalue weighted by molar-refractivity contribution is -0.0505. The molecule has 5 heteroatoms. The van der Waals surface area contributed by atoms with Gasteiger partial charge in [-0.1, -0.05) is 28.8 Å². The summed E-state index contributed by atoms with van der Waals surface area (Å²) in [5.41, 5.74) is 0.750. The Morgan fingerprint density at radius 2 is 2.17 bits per heavy atom. The first-order valence-corrected chi connectivity index (χ1v) is 6.88. The van der Waals surface area contributed by atoms with Gasteiger partial charge in [-0.25, -0.2) is 0 Å². The van der Waals surface area contributed by atoms with Crippen LogP contribution in [0.4, 0.5) is 8.78 Å². The summed E-state index contributed by atoms with van der Waals surface area (Å²) >= 11 is 3.33. The maximum absolute atomic E-state index is 12.2. The van der Waals surface area contributed by atoms with Crippen LogP contribution in [0.15, 0.2) is 22.7 Å². The van der Waals surface area contributed by atoms with Crippen LogP contribution >= 0.6 is 15.9 Å². The van der Waals surface area contributed by atoms with Gasteiger partial charge in [-0.15, -0.1) is 0 Å². The lowest BCUT2D eigenvalue weighted by Gasteiger charge is -2.12. The van der Waals surface area contributed by atoms with Crippen LogP contribution in [-0.2, 0) is 6.54 Å². The summed E-state index contributed by atoms with van der Waals surface area (Å²) < 4.78 is 29.9. The van der Waals surface area contributed by atoms with Crippen LogP contribution in [0.1, 0.15) is 24.8 Å². The molecule has 1 aromatic rings. The summed E-state index contributed by atoms with van der Waals surface area (Å²) in [6.45, 7) is -1.31. The first kappa shape index (κ1) is 13.7. The minimum absolute atomic E-state index is 0.243. The van der Waals surface area contributed by atoms with Crippen molar-refractivity contribution in [3.8, 4) is 5.75 Å². The average Bonchev–Trinajstić information content (AvgIpc) is 3.11. The standard InChI is InChI=1S/C13H16BrF2NO/c14-11-3-4-12(18-13(15)16)10(7-11)8-17-6-5-9-1-2-9/h3-4,7,9,13,17H,1-2,5-6,8H2. The number of halogens is 3. The van der Waals surface area contributed by atoms with E-state index in [2.05, 4.69) is 26.0 Å². The molecule has 1 saturated carbocycles. The van der Waals surface area contributed by atoms with Crippen LogP contribution in [0, 0.1) is 5.92 Å². The van der Waals surface area contributed by atoms with E-state index in [1.807, 2.05) is 6.07 Å². The molecule has 1 aromatic carbocycles. The minimum atomic E-state index is -2.78. The van der Waals surface area contributed by atoms with E-state index < -0.39 is 6.61 Å². The maximum Gasteiger partial charge on any atom is 0.387 e. The van der Waals surface area contributed by atoms with Crippen molar-refractivity contribution in [3.05, 3.63) is 28.2 Å². The molecule has 1 aliphatic carbocycles. The van der Waals surface area contributed by atoms with Gasteiger partial charge < -0.3 is 10.1 Å². The Kier molecular flexibility index (Phi) is 4.95. The van der Waals surface area contributed by atoms with Gasteiger partial charge in [0.15, 0.2) is 0 Å². The van der Waals surface area contributed by atoms with Gasteiger partial charge in [0, 0.05) is 16.6 Å². The second kappa shape index (κ2) is 6.48. The van der Waals surface area contributed by atoms with E-state index in [1.54, 1.807) is 12.1 Å². The van der Waals surface area contributed by atoms with Crippen molar-refractivity contribution >= 4 is 15.9 Å². The van der Waals surface area contributed by atoms with E-state index in [1.165, 1.54) is 19.3 Å². The average molecular weight is 320 g/mol. The fraction of sp³-hybridized carbons (Fsp3) is 0.538. The highest BCUT2D eigenvalue weighted by molar-refractivity contribution is 9.10. The maximum atomic E-state index is 12.2. The molecule has 0 aromatic heterocycles. The molecule has 100 valence electrons. The molecule has 0 bridgehead atoms. The molecule has 0 spiro atoms. The highest BCUT2D eigenvalue weighted by Crippen LogP contribution is 2.31. The van der Waals surface area contributed by atoms with Crippen molar-refractivity contribution in [1.82, 2.24) is 5.32 Å². The van der Waals surface area contributed by atoms with Crippen molar-refractivity contribution in [2.24, 2.45) is 5.92 Å². The molecule has 2 rings (SSSR count). The van der Waals surface area contributed by atoms with E-state index in [0.717, 1.165) is 22.5 Å². The molecule has 0 aliphatic heterocycles. The van der Waals surface area contributed by atoms with E-state index in [9.17, 15) is 8.78 Å². The van der Waals surface area contributed by atoms with Crippen LogP contribution in [0.2, 0.25) is 0 Å². The number of benzene rings is 1. The van der Waals surface area contributed by atoms with Gasteiger partial charge in [0.25, 0.3) is 0 Å². The van der Waals surface area contributed by atoms with Gasteiger partial charge in [-0.05, 0) is 37.1 Å². The zero-order valence-electron chi connectivity index (χ0n) is 9.96. The van der Waals surface area contributed by atoms with Crippen LogP contribution in [0.25, 0.3) is 0 Å². The van der Waals surface area contributed by atoms with E-state index in [4.69, 9.17) is 0 Å². The monoisotopic (exact) mass is 319 g/mol. The van der Waals surface area contributed by atoms with Gasteiger partial charge in [0.05, 0.1) is 0 Å². The lowest BCUT2D eigenvalue weighted by Crippen LogP contribution is -2.16. The second-order valence-corrected chi connectivity index (χ2v) is 5.46. The largest absolute Gasteiger partial charge is 0.434 e. The minimum Gasteiger partial charge on any atom is -0.434 e. The number of hydrogen-bond acceptors (Lipinski definition) is 2. The Labute approximate surface area is 114 Å². The van der Waals surface area contributed by atoms with Crippen molar-refractivity contribution < 1.29 is 13.5 Å². The summed E-state index contributed by atoms with van der Waals surface area (Å²) in [6, 6.07) is 5.07. The first-order chi connectivity index (χ1) is 8.65. The topological polar surface area (TPSA) is 21.3 Å². The van der Waals surface area contributed by atoms with E-state index in [0.29, 0.717) is 6.54 Å². The van der Waals surface area contributed by atoms with Crippen molar-refractivity contribution in [2.45, 2.75) is 32.4 Å². The zero-order chi connectivity index (χ0) is 13.0. The Bertz CT molecular complexity index is 397. The van der Waals surface area contributed by atoms with Crippen LogP contribution in [0.5, 0.6) is 5.75 Å². The summed E-state index contributed by atoms with van der Waals surface area (Å²) in [5.74, 6) is 1.11. The summed E-state index contributed by atoms with van der Waals surface area (Å²) in [5, 5.41) is 3.27. The fourth-order valence-electron chi connectivity index (χ4n) is 1.83. The SMILES string of the molecule is FC(F)Oc1ccc(Br)cc1CNCCC1CC1. The Hall–Kier alpha value is -0.680. The van der Waals surface area contributed by atoms with Gasteiger partial charge in [-0.3, -0.25) is 0 Å². The lowest BCUT2D eigenvalue weighted by atomic mass is 10.2. The smallest absolute Gasteiger partial charge is 0.387 e. The quantitative estimate of drug-likeness (QED) is 0.769. The molecule has 0 saturated heterocycles. The number of rotatable bonds is 7. The molecule has 18 heavy (non-hydrogen) atoms. The molecule has 1 N–H and O–H groups in total. The normalized spacial score (nSPS) is 15.1. The van der Waals surface area contributed by atoms with Gasteiger partial charge in [0.1, 0.15) is 5.75 Å². The fourth-order valence-corrected chi connectivity index (χ4v) is 2.24. The van der Waals surface area contributed by atoms with Crippen molar-refractivity contribution in [3.63, 3.8) is 0 Å². The van der Waals surface area contributed by atoms with Crippen molar-refractivity contribution in [2.75, 3.05) is 6.54 Å². The summed E-state index contributed by atoms with van der Waals surface area (Å²) in [4.78, 5) is 0. The van der Waals surface area contributed by atoms with E-state index >= 15 is 0 Å². The molecule has 0 atom stereocenters. The first-order valence-electron chi connectivity index (χ1n) is 6.09. The predicted molar refractivity (Wildman–Crippen MR) is 69.8 cm³/mol. The molecule has 1 fully saturated rings. The molecule has 0 radical (unpaired) electrons. The third-order valence-electron chi connectivity index (χ3n) is 2.98. The van der Waals surface area contributed by atoms with Gasteiger partial charge >= 0.3 is 6.61 Å². The third kappa shape index (κ3) is 4.53. The molecular weight excluding hydrogens is 304 g/mol. The summed E-state index contributed by atoms with van der Waals surface area (Å²) in [7, 11) is 0. The molecule has 2 nitrogen and oxygen atoms in total. The summed E-state index contributed by atoms with van der Waals surface area (Å²) in [6.07, 6.45) is 3.83. The second-order valence-electron chi connectivity index (χ2n) is 4.54. The molecule has 0 amide bonds. The number of ether oxygens (including phenoxy) is 1. The number of hydrogen-bond donors (Lipinski definition) is 1. The zero-order valence-corrected chi connectivity index (χ0v) is 11.6. The molecular formula is C13H16BrF2NO. The third-order valence-corrected chi connectivity index (χ3v) is 3.47. The van der Waals surface area contributed by atoms with Gasteiger partial charge in [-0.2, -0.15) is 8.78 Å². The number of alkyl halides is 2. The van der Waals surface area contributed by atoms with Crippen LogP contribution in [0.3, 0.4) is 0 Å². The number of nitrogens with one attached hydrogen (secondary N) is 1. The van der Waals surface area contributed by atoms with E-state index in [-0.39, 0.29) is 5.75 Å². The Morgan fingerprint density at radius 3 is 2.83 bits per heavy atom. The van der Waals surface area contributed by atoms with Gasteiger partial charge in [0.2, 0.25) is 0 Å². The highest BCUT2D eigenvalue weighted by atomic mass is 79.9. The van der Waals surface area contributed by atoms with Crippen molar-refractivity contribution in [1.29, 1.82) is 0 Å². The Balaban J connectivity index is 1.88. The van der Waals surface area contributed by atoms with Crippen LogP contribution < -0.4 is 10.1 Å². The molecule has 0 heterocycles. The predicted octanol–water partition coefficient (Wildman–Crippen LogP) is 3.94. The Morgan fingerprint density at radius 1 is 1.39 bits per heavy atom. The molecule has 0 unspecified atom stereocenters.